The van der Waals surface area contributed by atoms with Crippen molar-refractivity contribution in [3.63, 3.8) is 0 Å². The van der Waals surface area contributed by atoms with Gasteiger partial charge in [-0.25, -0.2) is 4.98 Å². The number of thiazole rings is 1. The van der Waals surface area contributed by atoms with Crippen LogP contribution in [0.25, 0.3) is 10.2 Å². The molecule has 0 radical (unpaired) electrons. The molecule has 6 nitrogen and oxygen atoms in total. The average molecular weight is 333 g/mol. The number of aromatic nitrogens is 1. The molecule has 0 bridgehead atoms. The van der Waals surface area contributed by atoms with Gasteiger partial charge in [-0.1, -0.05) is 0 Å². The van der Waals surface area contributed by atoms with Crippen LogP contribution in [0.4, 0.5) is 0 Å². The van der Waals surface area contributed by atoms with Gasteiger partial charge in [0.1, 0.15) is 5.60 Å². The molecule has 2 aliphatic rings. The van der Waals surface area contributed by atoms with E-state index in [1.54, 1.807) is 16.8 Å². The molecular weight excluding hydrogens is 314 g/mol. The molecule has 1 aromatic carbocycles. The molecule has 1 amide bonds. The van der Waals surface area contributed by atoms with Crippen molar-refractivity contribution in [2.45, 2.75) is 5.60 Å². The van der Waals surface area contributed by atoms with Crippen molar-refractivity contribution in [2.75, 3.05) is 46.0 Å². The van der Waals surface area contributed by atoms with E-state index in [0.29, 0.717) is 45.0 Å². The molecule has 2 fully saturated rings. The van der Waals surface area contributed by atoms with Gasteiger partial charge in [0, 0.05) is 25.2 Å². The van der Waals surface area contributed by atoms with Crippen LogP contribution in [-0.2, 0) is 9.47 Å². The van der Waals surface area contributed by atoms with E-state index >= 15 is 0 Å². The molecule has 1 spiro atoms. The normalized spacial score (nSPS) is 25.7. The summed E-state index contributed by atoms with van der Waals surface area (Å²) in [6.45, 7) is 4.45. The zero-order valence-electron chi connectivity index (χ0n) is 12.8. The van der Waals surface area contributed by atoms with E-state index in [1.807, 2.05) is 23.1 Å². The number of nitrogens with zero attached hydrogens (tertiary/aromatic N) is 2. The number of hydrogen-bond donors (Lipinski definition) is 1. The van der Waals surface area contributed by atoms with Gasteiger partial charge in [0.15, 0.2) is 0 Å². The van der Waals surface area contributed by atoms with E-state index in [1.165, 1.54) is 0 Å². The summed E-state index contributed by atoms with van der Waals surface area (Å²) >= 11 is 1.55. The van der Waals surface area contributed by atoms with Crippen molar-refractivity contribution >= 4 is 27.5 Å². The molecule has 7 heteroatoms. The monoisotopic (exact) mass is 333 g/mol. The molecule has 1 aromatic heterocycles. The number of ether oxygens (including phenoxy) is 2. The molecule has 4 rings (SSSR count). The molecule has 1 atom stereocenters. The molecule has 2 saturated heterocycles. The summed E-state index contributed by atoms with van der Waals surface area (Å²) in [5.74, 6) is 0.0484. The Hall–Kier alpha value is -1.54. The molecule has 1 N–H and O–H groups in total. The predicted molar refractivity (Wildman–Crippen MR) is 87.9 cm³/mol. The van der Waals surface area contributed by atoms with Crippen LogP contribution in [0.2, 0.25) is 0 Å². The van der Waals surface area contributed by atoms with Crippen molar-refractivity contribution < 1.29 is 14.3 Å². The Kier molecular flexibility index (Phi) is 4.02. The fourth-order valence-corrected chi connectivity index (χ4v) is 3.87. The second-order valence-electron chi connectivity index (χ2n) is 6.02. The first-order valence-corrected chi connectivity index (χ1v) is 8.69. The minimum atomic E-state index is -0.432. The number of benzene rings is 1. The lowest BCUT2D eigenvalue weighted by molar-refractivity contribution is -0.125. The Balaban J connectivity index is 1.55. The van der Waals surface area contributed by atoms with E-state index in [4.69, 9.17) is 9.47 Å². The third kappa shape index (κ3) is 2.97. The maximum atomic E-state index is 12.9. The van der Waals surface area contributed by atoms with Crippen LogP contribution < -0.4 is 5.32 Å². The fourth-order valence-electron chi connectivity index (χ4n) is 3.15. The highest BCUT2D eigenvalue weighted by Crippen LogP contribution is 2.23. The molecule has 122 valence electrons. The van der Waals surface area contributed by atoms with Gasteiger partial charge in [0.05, 0.1) is 42.1 Å². The second kappa shape index (κ2) is 6.16. The summed E-state index contributed by atoms with van der Waals surface area (Å²) in [6, 6.07) is 5.69. The molecule has 0 saturated carbocycles. The highest BCUT2D eigenvalue weighted by atomic mass is 32.1. The van der Waals surface area contributed by atoms with Crippen LogP contribution in [0.5, 0.6) is 0 Å². The van der Waals surface area contributed by atoms with Crippen LogP contribution >= 0.6 is 11.3 Å². The van der Waals surface area contributed by atoms with Gasteiger partial charge >= 0.3 is 0 Å². The number of carbonyl (C=O) groups is 1. The van der Waals surface area contributed by atoms with Crippen LogP contribution in [-0.4, -0.2) is 67.4 Å². The average Bonchev–Trinajstić information content (AvgIpc) is 2.94. The third-order valence-corrected chi connectivity index (χ3v) is 5.14. The van der Waals surface area contributed by atoms with E-state index < -0.39 is 5.60 Å². The lowest BCUT2D eigenvalue weighted by Crippen LogP contribution is -2.59. The van der Waals surface area contributed by atoms with Crippen LogP contribution in [0.3, 0.4) is 0 Å². The first kappa shape index (κ1) is 15.0. The predicted octanol–water partition coefficient (Wildman–Crippen LogP) is 1.13. The van der Waals surface area contributed by atoms with Gasteiger partial charge in [0.25, 0.3) is 5.91 Å². The van der Waals surface area contributed by atoms with Crippen molar-refractivity contribution in [2.24, 2.45) is 0 Å². The van der Waals surface area contributed by atoms with E-state index in [0.717, 1.165) is 16.8 Å². The van der Waals surface area contributed by atoms with Gasteiger partial charge in [-0.3, -0.25) is 4.79 Å². The fraction of sp³-hybridized carbons (Fsp3) is 0.500. The van der Waals surface area contributed by atoms with Crippen LogP contribution in [0.1, 0.15) is 10.4 Å². The lowest BCUT2D eigenvalue weighted by Gasteiger charge is -2.41. The number of morpholine rings is 1. The van der Waals surface area contributed by atoms with Gasteiger partial charge in [-0.05, 0) is 18.2 Å². The second-order valence-corrected chi connectivity index (χ2v) is 6.91. The largest absolute Gasteiger partial charge is 0.377 e. The topological polar surface area (TPSA) is 63.7 Å². The molecule has 3 heterocycles. The van der Waals surface area contributed by atoms with Crippen LogP contribution in [0.15, 0.2) is 23.7 Å². The summed E-state index contributed by atoms with van der Waals surface area (Å²) in [5, 5.41) is 3.33. The summed E-state index contributed by atoms with van der Waals surface area (Å²) in [4.78, 5) is 19.0. The first-order valence-electron chi connectivity index (χ1n) is 7.81. The third-order valence-electron chi connectivity index (χ3n) is 4.35. The van der Waals surface area contributed by atoms with Gasteiger partial charge in [-0.15, -0.1) is 11.3 Å². The molecule has 2 aliphatic heterocycles. The maximum Gasteiger partial charge on any atom is 0.254 e. The summed E-state index contributed by atoms with van der Waals surface area (Å²) in [7, 11) is 0. The van der Waals surface area contributed by atoms with Gasteiger partial charge < -0.3 is 19.7 Å². The summed E-state index contributed by atoms with van der Waals surface area (Å²) < 4.78 is 12.6. The molecular formula is C16H19N3O3S. The van der Waals surface area contributed by atoms with E-state index in [2.05, 4.69) is 10.3 Å². The Bertz CT molecular complexity index is 709. The van der Waals surface area contributed by atoms with E-state index in [9.17, 15) is 4.79 Å². The van der Waals surface area contributed by atoms with Crippen molar-refractivity contribution in [3.05, 3.63) is 29.3 Å². The number of amides is 1. The first-order chi connectivity index (χ1) is 11.3. The number of rotatable bonds is 1. The standard InChI is InChI=1S/C16H19N3O3S/c20-15(12-1-2-13-14(7-12)23-11-18-13)19-4-6-22-16(9-19)8-17-3-5-21-10-16/h1-2,7,11,17H,3-6,8-10H2. The minimum absolute atomic E-state index is 0.0484. The highest BCUT2D eigenvalue weighted by Gasteiger charge is 2.39. The molecule has 2 aromatic rings. The van der Waals surface area contributed by atoms with Gasteiger partial charge in [0.2, 0.25) is 0 Å². The Morgan fingerprint density at radius 3 is 3.30 bits per heavy atom. The van der Waals surface area contributed by atoms with Crippen molar-refractivity contribution in [1.82, 2.24) is 15.2 Å². The molecule has 1 unspecified atom stereocenters. The molecule has 0 aliphatic carbocycles. The number of nitrogens with one attached hydrogen (secondary N) is 1. The number of carbonyl (C=O) groups excluding carboxylic acids is 1. The SMILES string of the molecule is O=C(c1ccc2ncsc2c1)N1CCOC2(CNCCOC2)C1. The van der Waals surface area contributed by atoms with Crippen molar-refractivity contribution in [1.29, 1.82) is 0 Å². The summed E-state index contributed by atoms with van der Waals surface area (Å²) in [5.41, 5.74) is 3.02. The lowest BCUT2D eigenvalue weighted by atomic mass is 10.0. The Morgan fingerprint density at radius 1 is 1.39 bits per heavy atom. The number of hydrogen-bond acceptors (Lipinski definition) is 6. The maximum absolute atomic E-state index is 12.9. The van der Waals surface area contributed by atoms with Crippen molar-refractivity contribution in [3.8, 4) is 0 Å². The Labute approximate surface area is 138 Å². The van der Waals surface area contributed by atoms with Gasteiger partial charge in [-0.2, -0.15) is 0 Å². The number of fused-ring (bicyclic) bond motifs is 1. The quantitative estimate of drug-likeness (QED) is 0.847. The highest BCUT2D eigenvalue weighted by molar-refractivity contribution is 7.16. The zero-order valence-corrected chi connectivity index (χ0v) is 13.6. The molecule has 23 heavy (non-hydrogen) atoms. The minimum Gasteiger partial charge on any atom is -0.377 e. The summed E-state index contributed by atoms with van der Waals surface area (Å²) in [6.07, 6.45) is 0. The van der Waals surface area contributed by atoms with E-state index in [-0.39, 0.29) is 5.91 Å². The van der Waals surface area contributed by atoms with Crippen LogP contribution in [0, 0.1) is 0 Å². The zero-order chi connectivity index (χ0) is 15.7. The smallest absolute Gasteiger partial charge is 0.254 e. The Morgan fingerprint density at radius 2 is 2.35 bits per heavy atom.